The van der Waals surface area contributed by atoms with Crippen molar-refractivity contribution in [1.82, 2.24) is 0 Å². The number of nitro benzene ring substituents is 1. The molecule has 0 aliphatic heterocycles. The van der Waals surface area contributed by atoms with Gasteiger partial charge < -0.3 is 10.1 Å². The smallest absolute Gasteiger partial charge is 0.292 e. The van der Waals surface area contributed by atoms with Crippen LogP contribution in [0, 0.1) is 10.1 Å². The van der Waals surface area contributed by atoms with Gasteiger partial charge in [-0.3, -0.25) is 14.9 Å². The second-order valence-electron chi connectivity index (χ2n) is 5.91. The van der Waals surface area contributed by atoms with Crippen LogP contribution in [0.4, 0.5) is 11.4 Å². The number of nitrogens with zero attached hydrogens (tertiary/aromatic N) is 1. The molecular weight excluding hydrogens is 344 g/mol. The highest BCUT2D eigenvalue weighted by Gasteiger charge is 2.19. The summed E-state index contributed by atoms with van der Waals surface area (Å²) in [6.45, 7) is 1.59. The van der Waals surface area contributed by atoms with Crippen LogP contribution in [-0.2, 0) is 4.79 Å². The highest BCUT2D eigenvalue weighted by molar-refractivity contribution is 5.96. The second kappa shape index (κ2) is 8.14. The van der Waals surface area contributed by atoms with Crippen molar-refractivity contribution in [3.05, 3.63) is 89.0 Å². The van der Waals surface area contributed by atoms with Crippen molar-refractivity contribution in [1.29, 1.82) is 0 Å². The Balaban J connectivity index is 1.66. The average Bonchev–Trinajstić information content (AvgIpc) is 2.69. The molecule has 0 bridgehead atoms. The first-order valence-electron chi connectivity index (χ1n) is 8.41. The van der Waals surface area contributed by atoms with Crippen LogP contribution in [0.1, 0.15) is 6.92 Å². The minimum Gasteiger partial charge on any atom is -0.481 e. The van der Waals surface area contributed by atoms with Gasteiger partial charge in [-0.2, -0.15) is 0 Å². The molecule has 3 aromatic carbocycles. The molecule has 0 heterocycles. The number of carbonyl (C=O) groups is 1. The summed E-state index contributed by atoms with van der Waals surface area (Å²) in [5.74, 6) is 0.0799. The van der Waals surface area contributed by atoms with Gasteiger partial charge in [0.05, 0.1) is 4.92 Å². The van der Waals surface area contributed by atoms with E-state index >= 15 is 0 Å². The first-order valence-corrected chi connectivity index (χ1v) is 8.41. The van der Waals surface area contributed by atoms with Gasteiger partial charge in [0, 0.05) is 6.07 Å². The number of amides is 1. The van der Waals surface area contributed by atoms with Crippen molar-refractivity contribution >= 4 is 17.3 Å². The Kier molecular flexibility index (Phi) is 5.47. The Morgan fingerprint density at radius 3 is 2.19 bits per heavy atom. The third-order valence-electron chi connectivity index (χ3n) is 4.00. The van der Waals surface area contributed by atoms with Crippen LogP contribution in [0.25, 0.3) is 11.1 Å². The van der Waals surface area contributed by atoms with Gasteiger partial charge in [-0.15, -0.1) is 0 Å². The van der Waals surface area contributed by atoms with E-state index in [2.05, 4.69) is 5.32 Å². The number of nitro groups is 1. The number of carbonyl (C=O) groups excluding carboxylic acids is 1. The zero-order valence-corrected chi connectivity index (χ0v) is 14.7. The Morgan fingerprint density at radius 1 is 0.926 bits per heavy atom. The molecule has 1 unspecified atom stereocenters. The van der Waals surface area contributed by atoms with Crippen molar-refractivity contribution in [3.8, 4) is 16.9 Å². The van der Waals surface area contributed by atoms with E-state index in [0.29, 0.717) is 5.75 Å². The maximum absolute atomic E-state index is 12.3. The van der Waals surface area contributed by atoms with Crippen molar-refractivity contribution in [2.24, 2.45) is 0 Å². The Labute approximate surface area is 156 Å². The summed E-state index contributed by atoms with van der Waals surface area (Å²) in [6.07, 6.45) is -0.813. The summed E-state index contributed by atoms with van der Waals surface area (Å²) in [7, 11) is 0. The second-order valence-corrected chi connectivity index (χ2v) is 5.91. The Bertz CT molecular complexity index is 940. The van der Waals surface area contributed by atoms with E-state index in [1.807, 2.05) is 42.5 Å². The summed E-state index contributed by atoms with van der Waals surface area (Å²) in [5.41, 5.74) is 2.11. The SMILES string of the molecule is CC(Oc1ccc(-c2ccccc2)cc1)C(=O)Nc1ccccc1[N+](=O)[O-]. The minimum atomic E-state index is -0.813. The third-order valence-corrected chi connectivity index (χ3v) is 4.00. The van der Waals surface area contributed by atoms with Crippen LogP contribution in [0.2, 0.25) is 0 Å². The number of para-hydroxylation sites is 2. The molecular formula is C21H18N2O4. The van der Waals surface area contributed by atoms with E-state index in [1.165, 1.54) is 12.1 Å². The molecule has 0 aromatic heterocycles. The van der Waals surface area contributed by atoms with Gasteiger partial charge in [0.2, 0.25) is 0 Å². The molecule has 1 atom stereocenters. The number of nitrogens with one attached hydrogen (secondary N) is 1. The van der Waals surface area contributed by atoms with Gasteiger partial charge in [0.1, 0.15) is 11.4 Å². The van der Waals surface area contributed by atoms with Crippen LogP contribution >= 0.6 is 0 Å². The lowest BCUT2D eigenvalue weighted by Crippen LogP contribution is -2.30. The zero-order chi connectivity index (χ0) is 19.2. The number of anilines is 1. The average molecular weight is 362 g/mol. The van der Waals surface area contributed by atoms with E-state index in [-0.39, 0.29) is 11.4 Å². The van der Waals surface area contributed by atoms with Crippen LogP contribution in [0.15, 0.2) is 78.9 Å². The lowest BCUT2D eigenvalue weighted by Gasteiger charge is -2.15. The van der Waals surface area contributed by atoms with Crippen molar-refractivity contribution < 1.29 is 14.5 Å². The standard InChI is InChI=1S/C21H18N2O4/c1-15(21(24)22-19-9-5-6-10-20(19)23(25)26)27-18-13-11-17(12-14-18)16-7-3-2-4-8-16/h2-15H,1H3,(H,22,24). The number of benzene rings is 3. The maximum Gasteiger partial charge on any atom is 0.292 e. The molecule has 27 heavy (non-hydrogen) atoms. The molecule has 1 N–H and O–H groups in total. The van der Waals surface area contributed by atoms with Gasteiger partial charge in [-0.1, -0.05) is 54.6 Å². The number of rotatable bonds is 6. The van der Waals surface area contributed by atoms with Gasteiger partial charge in [0.25, 0.3) is 11.6 Å². The quantitative estimate of drug-likeness (QED) is 0.510. The lowest BCUT2D eigenvalue weighted by molar-refractivity contribution is -0.383. The lowest BCUT2D eigenvalue weighted by atomic mass is 10.1. The van der Waals surface area contributed by atoms with Crippen LogP contribution in [0.5, 0.6) is 5.75 Å². The van der Waals surface area contributed by atoms with Gasteiger partial charge >= 0.3 is 0 Å². The van der Waals surface area contributed by atoms with E-state index < -0.39 is 16.9 Å². The fourth-order valence-electron chi connectivity index (χ4n) is 2.59. The molecule has 1 amide bonds. The van der Waals surface area contributed by atoms with Crippen molar-refractivity contribution in [2.75, 3.05) is 5.32 Å². The summed E-state index contributed by atoms with van der Waals surface area (Å²) in [6, 6.07) is 23.3. The molecule has 6 nitrogen and oxygen atoms in total. The highest BCUT2D eigenvalue weighted by atomic mass is 16.6. The predicted molar refractivity (Wildman–Crippen MR) is 104 cm³/mol. The highest BCUT2D eigenvalue weighted by Crippen LogP contribution is 2.25. The molecule has 0 spiro atoms. The molecule has 3 rings (SSSR count). The van der Waals surface area contributed by atoms with Gasteiger partial charge in [-0.25, -0.2) is 0 Å². The monoisotopic (exact) mass is 362 g/mol. The van der Waals surface area contributed by atoms with E-state index in [9.17, 15) is 14.9 Å². The Morgan fingerprint density at radius 2 is 1.52 bits per heavy atom. The normalized spacial score (nSPS) is 11.4. The number of hydrogen-bond donors (Lipinski definition) is 1. The fraction of sp³-hybridized carbons (Fsp3) is 0.0952. The van der Waals surface area contributed by atoms with E-state index in [4.69, 9.17) is 4.74 Å². The number of ether oxygens (including phenoxy) is 1. The van der Waals surface area contributed by atoms with E-state index in [0.717, 1.165) is 11.1 Å². The van der Waals surface area contributed by atoms with Crippen LogP contribution in [-0.4, -0.2) is 16.9 Å². The molecule has 0 aliphatic rings. The Hall–Kier alpha value is -3.67. The summed E-state index contributed by atoms with van der Waals surface area (Å²) in [5, 5.41) is 13.6. The number of hydrogen-bond acceptors (Lipinski definition) is 4. The summed E-state index contributed by atoms with van der Waals surface area (Å²) in [4.78, 5) is 22.8. The first-order chi connectivity index (χ1) is 13.0. The molecule has 0 saturated heterocycles. The predicted octanol–water partition coefficient (Wildman–Crippen LogP) is 4.67. The van der Waals surface area contributed by atoms with Gasteiger partial charge in [0.15, 0.2) is 6.10 Å². The minimum absolute atomic E-state index is 0.141. The molecule has 3 aromatic rings. The third kappa shape index (κ3) is 4.49. The summed E-state index contributed by atoms with van der Waals surface area (Å²) >= 11 is 0. The van der Waals surface area contributed by atoms with Crippen molar-refractivity contribution in [3.63, 3.8) is 0 Å². The van der Waals surface area contributed by atoms with Crippen LogP contribution < -0.4 is 10.1 Å². The fourth-order valence-corrected chi connectivity index (χ4v) is 2.59. The largest absolute Gasteiger partial charge is 0.481 e. The molecule has 0 radical (unpaired) electrons. The molecule has 0 saturated carbocycles. The topological polar surface area (TPSA) is 81.5 Å². The summed E-state index contributed by atoms with van der Waals surface area (Å²) < 4.78 is 5.66. The van der Waals surface area contributed by atoms with Crippen LogP contribution in [0.3, 0.4) is 0 Å². The first kappa shape index (κ1) is 18.1. The molecule has 6 heteroatoms. The zero-order valence-electron chi connectivity index (χ0n) is 14.7. The molecule has 0 fully saturated rings. The van der Waals surface area contributed by atoms with Crippen molar-refractivity contribution in [2.45, 2.75) is 13.0 Å². The molecule has 0 aliphatic carbocycles. The van der Waals surface area contributed by atoms with Gasteiger partial charge in [-0.05, 0) is 36.2 Å². The maximum atomic E-state index is 12.3. The van der Waals surface area contributed by atoms with E-state index in [1.54, 1.807) is 31.2 Å². The molecule has 136 valence electrons.